The van der Waals surface area contributed by atoms with Crippen molar-refractivity contribution in [1.29, 1.82) is 0 Å². The number of carbonyl (C=O) groups is 2. The molecule has 7 aliphatic rings. The number of benzene rings is 10. The summed E-state index contributed by atoms with van der Waals surface area (Å²) in [6.45, 7) is 9.10. The Morgan fingerprint density at radius 1 is 0.481 bits per heavy atom. The summed E-state index contributed by atoms with van der Waals surface area (Å²) in [5.74, 6) is 1.41. The molecule has 0 aromatic heterocycles. The zero-order chi connectivity index (χ0) is 75.4. The van der Waals surface area contributed by atoms with Crippen LogP contribution in [-0.2, 0) is 82.9 Å². The molecule has 3 N–H and O–H groups in total. The van der Waals surface area contributed by atoms with Crippen molar-refractivity contribution < 1.29 is 19.4 Å². The van der Waals surface area contributed by atoms with Crippen molar-refractivity contribution in [3.8, 4) is 0 Å². The smallest absolute Gasteiger partial charge is 0.150 e. The molecule has 1 saturated carbocycles. The van der Waals surface area contributed by atoms with Crippen molar-refractivity contribution >= 4 is 103 Å². The first-order chi connectivity index (χ1) is 52.3. The van der Waals surface area contributed by atoms with Gasteiger partial charge in [0.2, 0.25) is 0 Å². The molecule has 6 nitrogen and oxygen atoms in total. The van der Waals surface area contributed by atoms with Gasteiger partial charge in [0.05, 0.1) is 29.3 Å². The van der Waals surface area contributed by atoms with E-state index in [0.717, 1.165) is 95.6 Å². The minimum absolute atomic E-state index is 0.0657. The van der Waals surface area contributed by atoms with Crippen molar-refractivity contribution in [2.75, 3.05) is 6.61 Å². The lowest BCUT2D eigenvalue weighted by atomic mass is 9.53. The van der Waals surface area contributed by atoms with E-state index < -0.39 is 11.0 Å². The first-order valence-corrected chi connectivity index (χ1v) is 42.2. The fourth-order valence-electron chi connectivity index (χ4n) is 17.1. The molecule has 11 heteroatoms. The summed E-state index contributed by atoms with van der Waals surface area (Å²) in [6, 6.07) is 86.3. The first kappa shape index (κ1) is 78.4. The molecule has 0 amide bonds. The van der Waals surface area contributed by atoms with Crippen LogP contribution >= 0.6 is 79.6 Å². The van der Waals surface area contributed by atoms with E-state index in [4.69, 9.17) is 4.74 Å². The van der Waals surface area contributed by atoms with Gasteiger partial charge < -0.3 is 20.5 Å². The second-order valence-electron chi connectivity index (χ2n) is 30.1. The standard InChI is InChI=1S/C25H24BrN.C23H23BrO.C21H21BrO2.C18H18BrN.C10H9BrO/c1-18(20-10-6-3-7-11-20)27-25-15-12-21-17-22(26)13-14-23(21)24(25)16-19-8-4-2-5-9-19;1-2-25-21-12-13-23(16-17-6-4-3-5-7-17)19(15-21)9-8-18-14-20(24)10-11-22(18)23;1-20(24)9-10-21(13-14-5-3-2-4-6-14)17-8-7-16(22)11-15(17)12-18(20)19(21)23;1-13(14-5-3-2-4-6-14)20-18-10-8-15-11-17(19)9-7-16(15)12-18;11-9-3-1-8-6-10(12)4-2-7(8)5-9/h2-11,13-14,17-18,27H,12,15-16H2,1H3;3-7,9-11,14-15H,2,8,12-13,16H2,1H3;2-8,11,18,24H,9-10,12-13H2,1H3;2-7,9,11-13,20H,8,10H2,1H3;1,3,5H,2,4,6H2/t18-;23-;18-,20-,21-;13-;/m0010./s1. The van der Waals surface area contributed by atoms with Crippen LogP contribution in [0.25, 0.3) is 11.6 Å². The van der Waals surface area contributed by atoms with Crippen LogP contribution in [0.2, 0.25) is 0 Å². The third-order valence-electron chi connectivity index (χ3n) is 22.8. The highest BCUT2D eigenvalue weighted by Gasteiger charge is 2.57. The Kier molecular flexibility index (Phi) is 26.1. The Labute approximate surface area is 681 Å². The first-order valence-electron chi connectivity index (χ1n) is 38.2. The quantitative estimate of drug-likeness (QED) is 0.101. The zero-order valence-corrected chi connectivity index (χ0v) is 70.1. The second kappa shape index (κ2) is 36.0. The lowest BCUT2D eigenvalue weighted by Gasteiger charge is -2.51. The molecule has 10 aromatic rings. The van der Waals surface area contributed by atoms with Crippen molar-refractivity contribution in [2.24, 2.45) is 5.92 Å². The minimum atomic E-state index is -0.905. The van der Waals surface area contributed by atoms with Crippen molar-refractivity contribution in [3.05, 3.63) is 383 Å². The summed E-state index contributed by atoms with van der Waals surface area (Å²) >= 11 is 17.8. The van der Waals surface area contributed by atoms with Crippen molar-refractivity contribution in [1.82, 2.24) is 10.6 Å². The Balaban J connectivity index is 0.000000121. The Morgan fingerprint density at radius 3 is 1.62 bits per heavy atom. The molecule has 17 rings (SSSR count). The number of rotatable bonds is 14. The van der Waals surface area contributed by atoms with E-state index >= 15 is 0 Å². The molecule has 6 atom stereocenters. The van der Waals surface area contributed by atoms with Gasteiger partial charge in [0, 0.05) is 70.5 Å². The van der Waals surface area contributed by atoms with Gasteiger partial charge in [-0.15, -0.1) is 0 Å². The summed E-state index contributed by atoms with van der Waals surface area (Å²) in [5.41, 5.74) is 24.2. The molecule has 1 fully saturated rings. The average Bonchev–Trinajstić information content (AvgIpc) is 0.716. The Hall–Kier alpha value is -7.74. The third kappa shape index (κ3) is 19.0. The summed E-state index contributed by atoms with van der Waals surface area (Å²) in [7, 11) is 0. The number of Topliss-reactive ketones (excluding diaryl/α,β-unsaturated/α-hetero) is 2. The molecule has 0 saturated heterocycles. The molecule has 10 aromatic carbocycles. The van der Waals surface area contributed by atoms with Gasteiger partial charge in [0.25, 0.3) is 0 Å². The molecule has 0 unspecified atom stereocenters. The molecule has 0 radical (unpaired) electrons. The van der Waals surface area contributed by atoms with Gasteiger partial charge in [0.15, 0.2) is 0 Å². The van der Waals surface area contributed by atoms with Crippen LogP contribution in [-0.4, -0.2) is 28.9 Å². The maximum absolute atomic E-state index is 13.4. The molecule has 552 valence electrons. The molecule has 0 aliphatic heterocycles. The Bertz CT molecular complexity index is 4960. The molecular formula is C97H95Br5N2O4. The third-order valence-corrected chi connectivity index (χ3v) is 25.2. The zero-order valence-electron chi connectivity index (χ0n) is 62.1. The lowest BCUT2D eigenvalue weighted by Crippen LogP contribution is -2.58. The maximum Gasteiger partial charge on any atom is 0.150 e. The van der Waals surface area contributed by atoms with Crippen molar-refractivity contribution in [3.63, 3.8) is 0 Å². The predicted octanol–water partition coefficient (Wildman–Crippen LogP) is 24.6. The second-order valence-corrected chi connectivity index (χ2v) is 34.7. The normalized spacial score (nSPS) is 20.3. The highest BCUT2D eigenvalue weighted by molar-refractivity contribution is 9.11. The van der Waals surface area contributed by atoms with Gasteiger partial charge in [-0.1, -0.05) is 268 Å². The highest BCUT2D eigenvalue weighted by Crippen LogP contribution is 2.53. The largest absolute Gasteiger partial charge is 0.498 e. The number of aliphatic hydroxyl groups is 1. The number of fused-ring (bicyclic) bond motifs is 10. The van der Waals surface area contributed by atoms with Crippen LogP contribution in [0.3, 0.4) is 0 Å². The van der Waals surface area contributed by atoms with E-state index in [2.05, 4.69) is 336 Å². The summed E-state index contributed by atoms with van der Waals surface area (Å²) < 4.78 is 11.5. The molecule has 108 heavy (non-hydrogen) atoms. The number of ketones is 2. The van der Waals surface area contributed by atoms with Crippen LogP contribution in [0, 0.1) is 5.92 Å². The van der Waals surface area contributed by atoms with E-state index in [9.17, 15) is 14.7 Å². The number of hydrogen-bond acceptors (Lipinski definition) is 6. The average molecular weight is 1750 g/mol. The van der Waals surface area contributed by atoms with E-state index in [1.54, 1.807) is 0 Å². The van der Waals surface area contributed by atoms with E-state index in [1.165, 1.54) is 109 Å². The number of hydrogen-bond donors (Lipinski definition) is 3. The fraction of sp³-hybridized carbons (Fsp3) is 0.278. The molecule has 0 heterocycles. The summed E-state index contributed by atoms with van der Waals surface area (Å²) in [5, 5.41) is 18.3. The van der Waals surface area contributed by atoms with Crippen LogP contribution < -0.4 is 10.6 Å². The maximum atomic E-state index is 13.4. The number of ether oxygens (including phenoxy) is 1. The molecule has 2 bridgehead atoms. The molecule has 0 spiro atoms. The predicted molar refractivity (Wildman–Crippen MR) is 462 cm³/mol. The Morgan fingerprint density at radius 2 is 0.991 bits per heavy atom. The number of carbonyl (C=O) groups excluding carboxylic acids is 2. The van der Waals surface area contributed by atoms with Crippen LogP contribution in [0.15, 0.2) is 300 Å². The molecular weight excluding hydrogens is 1660 g/mol. The monoisotopic (exact) mass is 1750 g/mol. The number of allylic oxidation sites excluding steroid dienone is 7. The van der Waals surface area contributed by atoms with Gasteiger partial charge >= 0.3 is 0 Å². The fourth-order valence-corrected chi connectivity index (χ4v) is 19.1. The SMILES string of the molecule is CCOC1=CC2=CCc3cc(Br)ccc3[C@]2(Cc2ccccc2)CC1.C[C@@]1(O)CC[C@]2(Cc3ccccc3)C(=O)[C@H]1Cc1cc(Br)ccc12.C[C@H](NC1=C(Cc2ccccc2)c2ccc(Br)cc2CC1)c1ccccc1.C[C@H](NC1=Cc2ccc(Br)cc2CC1)c1ccccc1.O=C1CCc2cc(Br)ccc2C1. The van der Waals surface area contributed by atoms with Crippen molar-refractivity contribution in [2.45, 2.75) is 159 Å². The molecule has 7 aliphatic carbocycles. The summed E-state index contributed by atoms with van der Waals surface area (Å²) in [4.78, 5) is 24.5. The van der Waals surface area contributed by atoms with E-state index in [-0.39, 0.29) is 17.1 Å². The van der Waals surface area contributed by atoms with E-state index in [1.807, 2.05) is 43.3 Å². The topological polar surface area (TPSA) is 87.7 Å². The van der Waals surface area contributed by atoms with Crippen LogP contribution in [0.1, 0.15) is 168 Å². The highest BCUT2D eigenvalue weighted by atomic mass is 79.9. The number of nitrogens with one attached hydrogen (secondary N) is 2. The lowest BCUT2D eigenvalue weighted by molar-refractivity contribution is -0.146. The van der Waals surface area contributed by atoms with Crippen LogP contribution in [0.4, 0.5) is 0 Å². The van der Waals surface area contributed by atoms with Gasteiger partial charge in [-0.25, -0.2) is 0 Å². The van der Waals surface area contributed by atoms with Gasteiger partial charge in [0.1, 0.15) is 11.6 Å². The van der Waals surface area contributed by atoms with Gasteiger partial charge in [-0.3, -0.25) is 9.59 Å². The van der Waals surface area contributed by atoms with Gasteiger partial charge in [-0.2, -0.15) is 0 Å². The summed E-state index contributed by atoms with van der Waals surface area (Å²) in [6.07, 6.45) is 21.4. The van der Waals surface area contributed by atoms with E-state index in [0.29, 0.717) is 56.4 Å². The van der Waals surface area contributed by atoms with Gasteiger partial charge in [-0.05, 0) is 279 Å². The number of aryl methyl sites for hydroxylation is 3. The number of halogens is 5. The minimum Gasteiger partial charge on any atom is -0.498 e. The van der Waals surface area contributed by atoms with Crippen LogP contribution in [0.5, 0.6) is 0 Å².